The van der Waals surface area contributed by atoms with Gasteiger partial charge >= 0.3 is 5.97 Å². The second kappa shape index (κ2) is 19.8. The van der Waals surface area contributed by atoms with Gasteiger partial charge in [0.2, 0.25) is 0 Å². The maximum Gasteiger partial charge on any atom is 0.316 e. The number of carbonyl (C=O) groups excluding carboxylic acids is 1. The molecule has 15 heteroatoms. The van der Waals surface area contributed by atoms with Gasteiger partial charge in [-0.2, -0.15) is 5.26 Å². The lowest BCUT2D eigenvalue weighted by atomic mass is 9.71. The Balaban J connectivity index is 1.18. The van der Waals surface area contributed by atoms with Gasteiger partial charge in [-0.1, -0.05) is 70.6 Å². The van der Waals surface area contributed by atoms with E-state index < -0.39 is 102 Å². The van der Waals surface area contributed by atoms with Crippen LogP contribution >= 0.6 is 0 Å². The Kier molecular flexibility index (Phi) is 15.2. The van der Waals surface area contributed by atoms with Crippen LogP contribution in [0, 0.1) is 35.0 Å². The number of nitrogens with zero attached hydrogens (tertiary/aromatic N) is 1. The lowest BCUT2D eigenvalue weighted by Gasteiger charge is -2.48. The number of hydrogen-bond acceptors (Lipinski definition) is 15. The standard InChI is InChI=1S/C49H72N2O13/c1-11-26(2)43-29(5)17-18-47(64-43)23-35-20-34(63-47)16-15-28(4)42(27(3)13-12-14-33-24-57-45-41(52)30(6)19-36(46(53)60-35)49(33,45)54)61-39-21-37(55-9)44(31(7)58-39)62-40-22-38(56-10)48(51,25-50)32(8)59-40/h12-15,17-19,26-27,29,31-32,34-45,52,54H,11,16,20-24,51H2,1-10H3/t26?,27?,29-,31-,32-,34+,35-,36-,37-,38-,39?,40-,41+,42-,43+,44-,45?,47+,48+,49+/m0/s1. The van der Waals surface area contributed by atoms with E-state index in [2.05, 4.69) is 45.9 Å². The van der Waals surface area contributed by atoms with Crippen molar-refractivity contribution in [1.82, 2.24) is 0 Å². The van der Waals surface area contributed by atoms with Crippen LogP contribution < -0.4 is 5.73 Å². The number of hydrogen-bond donors (Lipinski definition) is 3. The van der Waals surface area contributed by atoms with Crippen LogP contribution in [0.15, 0.2) is 59.3 Å². The summed E-state index contributed by atoms with van der Waals surface area (Å²) in [7, 11) is 3.16. The van der Waals surface area contributed by atoms with Crippen LogP contribution in [0.1, 0.15) is 93.9 Å². The molecule has 7 rings (SSSR count). The second-order valence-corrected chi connectivity index (χ2v) is 19.4. The van der Waals surface area contributed by atoms with Crippen LogP contribution in [0.3, 0.4) is 0 Å². The summed E-state index contributed by atoms with van der Waals surface area (Å²) in [5.74, 6) is -2.62. The molecular weight excluding hydrogens is 825 g/mol. The van der Waals surface area contributed by atoms with Gasteiger partial charge in [0.25, 0.3) is 0 Å². The van der Waals surface area contributed by atoms with Crippen LogP contribution in [0.4, 0.5) is 0 Å². The Hall–Kier alpha value is -2.82. The summed E-state index contributed by atoms with van der Waals surface area (Å²) in [5.41, 5.74) is 5.16. The van der Waals surface area contributed by atoms with Crippen molar-refractivity contribution in [2.45, 2.75) is 191 Å². The zero-order valence-electron chi connectivity index (χ0n) is 39.2. The summed E-state index contributed by atoms with van der Waals surface area (Å²) in [6.45, 7) is 16.0. The smallest absolute Gasteiger partial charge is 0.316 e. The average molecular weight is 897 g/mol. The summed E-state index contributed by atoms with van der Waals surface area (Å²) in [6.07, 6.45) is 8.39. The number of esters is 1. The van der Waals surface area contributed by atoms with E-state index in [1.807, 2.05) is 32.1 Å². The van der Waals surface area contributed by atoms with Crippen molar-refractivity contribution in [2.75, 3.05) is 20.8 Å². The van der Waals surface area contributed by atoms with E-state index in [-0.39, 0.29) is 43.3 Å². The molecule has 0 saturated carbocycles. The van der Waals surface area contributed by atoms with Crippen molar-refractivity contribution in [2.24, 2.45) is 29.4 Å². The van der Waals surface area contributed by atoms with E-state index in [9.17, 15) is 20.3 Å². The molecular formula is C49H72N2O13. The number of nitriles is 1. The fourth-order valence-corrected chi connectivity index (χ4v) is 10.8. The third-order valence-electron chi connectivity index (χ3n) is 15.0. The van der Waals surface area contributed by atoms with E-state index in [4.69, 9.17) is 53.1 Å². The third-order valence-corrected chi connectivity index (χ3v) is 15.0. The number of nitrogens with two attached hydrogens (primary N) is 1. The van der Waals surface area contributed by atoms with Crippen molar-refractivity contribution in [3.05, 3.63) is 59.3 Å². The third kappa shape index (κ3) is 9.50. The highest BCUT2D eigenvalue weighted by atomic mass is 16.7. The predicted molar refractivity (Wildman–Crippen MR) is 234 cm³/mol. The van der Waals surface area contributed by atoms with Crippen molar-refractivity contribution < 1.29 is 62.4 Å². The van der Waals surface area contributed by atoms with Crippen LogP contribution in [-0.4, -0.2) is 134 Å². The van der Waals surface area contributed by atoms with E-state index >= 15 is 0 Å². The minimum Gasteiger partial charge on any atom is -0.462 e. The quantitative estimate of drug-likeness (QED) is 0.211. The Labute approximate surface area is 378 Å². The molecule has 6 heterocycles. The summed E-state index contributed by atoms with van der Waals surface area (Å²) in [5, 5.41) is 33.6. The zero-order valence-corrected chi connectivity index (χ0v) is 39.2. The molecule has 0 amide bonds. The molecule has 15 nitrogen and oxygen atoms in total. The molecule has 4 unspecified atom stereocenters. The Morgan fingerprint density at radius 1 is 0.984 bits per heavy atom. The highest BCUT2D eigenvalue weighted by Gasteiger charge is 2.60. The Bertz CT molecular complexity index is 1880. The SMILES string of the molecule is CCC(C)[C@H]1O[C@]2(C=C[C@@H]1C)C[C@@H]1C[C@@H](CC=C(C)[C@@H](OC3C[C@H](OC)[C@@H](O[C@H]4C[C@H](OC)[C@@](N)(C#N)[C@H](C)O4)[C@H](C)O3)C(C)C=CC=C3COC4[C@H](O)C(C)=C[C@@H](C(=O)O1)[C@]34O)O2. The minimum atomic E-state index is -1.85. The number of carbonyl (C=O) groups is 1. The van der Waals surface area contributed by atoms with Gasteiger partial charge in [0.1, 0.15) is 35.9 Å². The highest BCUT2D eigenvalue weighted by Crippen LogP contribution is 2.47. The largest absolute Gasteiger partial charge is 0.462 e. The molecule has 0 aromatic carbocycles. The molecule has 2 bridgehead atoms. The van der Waals surface area contributed by atoms with Crippen LogP contribution in [-0.2, 0) is 52.2 Å². The van der Waals surface area contributed by atoms with E-state index in [0.29, 0.717) is 30.4 Å². The molecule has 356 valence electrons. The molecule has 4 saturated heterocycles. The van der Waals surface area contributed by atoms with Gasteiger partial charge < -0.3 is 63.3 Å². The molecule has 6 aliphatic heterocycles. The van der Waals surface area contributed by atoms with Gasteiger partial charge in [0.15, 0.2) is 23.9 Å². The van der Waals surface area contributed by atoms with Crippen LogP contribution in [0.5, 0.6) is 0 Å². The molecule has 1 spiro atoms. The van der Waals surface area contributed by atoms with Gasteiger partial charge in [-0.3, -0.25) is 4.79 Å². The normalized spacial score (nSPS) is 46.9. The average Bonchev–Trinajstić information content (AvgIpc) is 3.61. The molecule has 4 N–H and O–H groups in total. The van der Waals surface area contributed by atoms with Gasteiger partial charge in [-0.05, 0) is 62.8 Å². The zero-order chi connectivity index (χ0) is 46.3. The van der Waals surface area contributed by atoms with Crippen LogP contribution in [0.25, 0.3) is 0 Å². The van der Waals surface area contributed by atoms with Crippen molar-refractivity contribution in [1.29, 1.82) is 5.26 Å². The Morgan fingerprint density at radius 3 is 2.44 bits per heavy atom. The Morgan fingerprint density at radius 2 is 1.73 bits per heavy atom. The van der Waals surface area contributed by atoms with E-state index in [1.54, 1.807) is 33.1 Å². The maximum absolute atomic E-state index is 14.4. The minimum absolute atomic E-state index is 0.0226. The first kappa shape index (κ1) is 49.1. The van der Waals surface area contributed by atoms with Gasteiger partial charge in [-0.15, -0.1) is 0 Å². The van der Waals surface area contributed by atoms with Gasteiger partial charge in [0, 0.05) is 51.7 Å². The van der Waals surface area contributed by atoms with Crippen molar-refractivity contribution in [3.8, 4) is 6.07 Å². The molecule has 0 radical (unpaired) electrons. The number of aliphatic hydroxyl groups is 2. The summed E-state index contributed by atoms with van der Waals surface area (Å²) >= 11 is 0. The summed E-state index contributed by atoms with van der Waals surface area (Å²) in [4.78, 5) is 14.4. The first-order valence-electron chi connectivity index (χ1n) is 23.3. The van der Waals surface area contributed by atoms with Crippen molar-refractivity contribution >= 4 is 5.97 Å². The number of rotatable bonds is 8. The topological polar surface area (TPSA) is 200 Å². The maximum atomic E-state index is 14.4. The molecule has 0 aromatic rings. The molecule has 20 atom stereocenters. The van der Waals surface area contributed by atoms with E-state index in [1.165, 1.54) is 7.11 Å². The highest BCUT2D eigenvalue weighted by molar-refractivity contribution is 5.78. The summed E-state index contributed by atoms with van der Waals surface area (Å²) < 4.78 is 63.9. The van der Waals surface area contributed by atoms with Crippen LogP contribution in [0.2, 0.25) is 0 Å². The van der Waals surface area contributed by atoms with Gasteiger partial charge in [-0.25, -0.2) is 0 Å². The number of methoxy groups -OCH3 is 2. The number of ether oxygens (including phenoxy) is 10. The van der Waals surface area contributed by atoms with Crippen molar-refractivity contribution in [3.63, 3.8) is 0 Å². The number of fused-ring (bicyclic) bond motifs is 2. The predicted octanol–water partition coefficient (Wildman–Crippen LogP) is 5.24. The summed E-state index contributed by atoms with van der Waals surface area (Å²) in [6, 6.07) is 2.16. The first-order valence-corrected chi connectivity index (χ1v) is 23.3. The number of allylic oxidation sites excluding steroid dienone is 2. The fraction of sp³-hybridized carbons (Fsp3) is 0.755. The fourth-order valence-electron chi connectivity index (χ4n) is 10.8. The second-order valence-electron chi connectivity index (χ2n) is 19.4. The lowest BCUT2D eigenvalue weighted by molar-refractivity contribution is -0.314. The van der Waals surface area contributed by atoms with Gasteiger partial charge in [0.05, 0.1) is 55.4 Å². The first-order chi connectivity index (χ1) is 30.4. The monoisotopic (exact) mass is 897 g/mol. The molecule has 4 fully saturated rings. The molecule has 0 aromatic heterocycles. The lowest BCUT2D eigenvalue weighted by Crippen LogP contribution is -2.64. The number of aliphatic hydroxyl groups excluding tert-OH is 1. The molecule has 7 aliphatic rings. The molecule has 1 aliphatic carbocycles. The van der Waals surface area contributed by atoms with E-state index in [0.717, 1.165) is 12.0 Å². The molecule has 64 heavy (non-hydrogen) atoms.